The molecule has 0 aromatic heterocycles. The molecule has 2 heteroatoms. The van der Waals surface area contributed by atoms with Crippen molar-refractivity contribution in [3.8, 4) is 0 Å². The largest absolute Gasteiger partial charge is 0.164 e. The molecule has 10 heavy (non-hydrogen) atoms. The van der Waals surface area contributed by atoms with Gasteiger partial charge in [-0.3, -0.25) is 0 Å². The molecule has 0 radical (unpaired) electrons. The second kappa shape index (κ2) is 11.0. The van der Waals surface area contributed by atoms with Crippen molar-refractivity contribution in [1.29, 1.82) is 0 Å². The number of nitrogens with zero attached hydrogens (tertiary/aromatic N) is 2. The molecule has 58 valence electrons. The summed E-state index contributed by atoms with van der Waals surface area (Å²) < 4.78 is 0. The summed E-state index contributed by atoms with van der Waals surface area (Å²) in [5.41, 5.74) is 0.913. The third-order valence-corrected chi connectivity index (χ3v) is 0.460. The first-order valence-electron chi connectivity index (χ1n) is 3.44. The van der Waals surface area contributed by atoms with E-state index in [-0.39, 0.29) is 0 Å². The molecule has 0 fully saturated rings. The van der Waals surface area contributed by atoms with Gasteiger partial charge in [-0.15, -0.1) is 0 Å². The first-order valence-corrected chi connectivity index (χ1v) is 3.44. The molecule has 0 aliphatic rings. The van der Waals surface area contributed by atoms with Gasteiger partial charge in [0.25, 0.3) is 0 Å². The minimum atomic E-state index is 0.913. The van der Waals surface area contributed by atoms with Crippen LogP contribution in [0, 0.1) is 0 Å². The lowest BCUT2D eigenvalue weighted by atomic mass is 10.4. The van der Waals surface area contributed by atoms with Crippen molar-refractivity contribution in [2.45, 2.75) is 27.7 Å². The molecule has 0 aliphatic carbocycles. The maximum Gasteiger partial charge on any atom is 0.0518 e. The average molecular weight is 140 g/mol. The van der Waals surface area contributed by atoms with Crippen molar-refractivity contribution in [3.05, 3.63) is 12.2 Å². The summed E-state index contributed by atoms with van der Waals surface area (Å²) in [4.78, 5) is 0. The average Bonchev–Trinajstić information content (AvgIpc) is 1.92. The molecule has 0 aromatic rings. The van der Waals surface area contributed by atoms with Crippen LogP contribution >= 0.6 is 0 Å². The van der Waals surface area contributed by atoms with Crippen molar-refractivity contribution in [2.75, 3.05) is 0 Å². The van der Waals surface area contributed by atoms with E-state index in [4.69, 9.17) is 0 Å². The topological polar surface area (TPSA) is 24.7 Å². The van der Waals surface area contributed by atoms with E-state index in [0.29, 0.717) is 0 Å². The zero-order valence-electron chi connectivity index (χ0n) is 7.26. The number of hydrogen-bond acceptors (Lipinski definition) is 2. The van der Waals surface area contributed by atoms with Crippen LogP contribution in [0.3, 0.4) is 0 Å². The van der Waals surface area contributed by atoms with Crippen molar-refractivity contribution in [3.63, 3.8) is 0 Å². The minimum Gasteiger partial charge on any atom is -0.164 e. The minimum absolute atomic E-state index is 0.913. The Morgan fingerprint density at radius 3 is 2.10 bits per heavy atom. The van der Waals surface area contributed by atoms with Gasteiger partial charge in [-0.1, -0.05) is 20.4 Å². The molecule has 0 atom stereocenters. The monoisotopic (exact) mass is 140 g/mol. The van der Waals surface area contributed by atoms with E-state index in [1.165, 1.54) is 0 Å². The van der Waals surface area contributed by atoms with Gasteiger partial charge in [0.05, 0.1) is 6.21 Å². The number of rotatable bonds is 2. The predicted octanol–water partition coefficient (Wildman–Crippen LogP) is 2.67. The van der Waals surface area contributed by atoms with Crippen LogP contribution in [0.4, 0.5) is 0 Å². The predicted molar refractivity (Wildman–Crippen MR) is 48.8 cm³/mol. The first kappa shape index (κ1) is 11.8. The zero-order chi connectivity index (χ0) is 8.41. The molecule has 0 spiro atoms. The van der Waals surface area contributed by atoms with E-state index in [1.54, 1.807) is 12.4 Å². The summed E-state index contributed by atoms with van der Waals surface area (Å²) >= 11 is 0. The van der Waals surface area contributed by atoms with Crippen LogP contribution in [0.1, 0.15) is 27.7 Å². The Labute approximate surface area is 63.4 Å². The molecule has 0 rings (SSSR count). The molecule has 0 aromatic carbocycles. The van der Waals surface area contributed by atoms with Crippen LogP contribution in [0.5, 0.6) is 0 Å². The quantitative estimate of drug-likeness (QED) is 0.416. The highest BCUT2D eigenvalue weighted by atomic mass is 15.2. The summed E-state index contributed by atoms with van der Waals surface area (Å²) in [6, 6.07) is 0. The number of allylic oxidation sites excluding steroid dienone is 1. The molecule has 0 aliphatic heterocycles. The van der Waals surface area contributed by atoms with Crippen LogP contribution in [-0.2, 0) is 0 Å². The molecule has 0 heterocycles. The first-order chi connectivity index (χ1) is 4.77. The van der Waals surface area contributed by atoms with E-state index in [2.05, 4.69) is 16.8 Å². The molecule has 0 saturated heterocycles. The van der Waals surface area contributed by atoms with Crippen LogP contribution < -0.4 is 0 Å². The third-order valence-electron chi connectivity index (χ3n) is 0.460. The Morgan fingerprint density at radius 2 is 1.80 bits per heavy atom. The standard InChI is InChI=1S/C6H10N2.C2H6/c1-4-7-8-5-6(2)3;1-2/h4-5H,2H2,1,3H3;1-2H3/b7-4-,8-5-;. The zero-order valence-corrected chi connectivity index (χ0v) is 7.26. The summed E-state index contributed by atoms with van der Waals surface area (Å²) in [7, 11) is 0. The van der Waals surface area contributed by atoms with Crippen molar-refractivity contribution in [1.82, 2.24) is 0 Å². The van der Waals surface area contributed by atoms with Gasteiger partial charge in [-0.25, -0.2) is 0 Å². The lowest BCUT2D eigenvalue weighted by Crippen LogP contribution is -1.69. The van der Waals surface area contributed by atoms with Gasteiger partial charge in [0.15, 0.2) is 0 Å². The van der Waals surface area contributed by atoms with Gasteiger partial charge >= 0.3 is 0 Å². The highest BCUT2D eigenvalue weighted by Crippen LogP contribution is 1.78. The van der Waals surface area contributed by atoms with Gasteiger partial charge in [0.2, 0.25) is 0 Å². The van der Waals surface area contributed by atoms with E-state index in [0.717, 1.165) is 5.57 Å². The molecule has 0 bridgehead atoms. The van der Waals surface area contributed by atoms with Gasteiger partial charge in [0, 0.05) is 6.21 Å². The van der Waals surface area contributed by atoms with E-state index in [1.807, 2.05) is 27.7 Å². The summed E-state index contributed by atoms with van der Waals surface area (Å²) in [6.07, 6.45) is 3.24. The Kier molecular flexibility index (Phi) is 13.0. The molecular weight excluding hydrogens is 124 g/mol. The van der Waals surface area contributed by atoms with Crippen LogP contribution in [0.2, 0.25) is 0 Å². The van der Waals surface area contributed by atoms with E-state index in [9.17, 15) is 0 Å². The van der Waals surface area contributed by atoms with Gasteiger partial charge in [-0.2, -0.15) is 10.2 Å². The van der Waals surface area contributed by atoms with E-state index < -0.39 is 0 Å². The molecular formula is C8H16N2. The SMILES string of the molecule is C=C(C)/C=N\N=C/C.CC. The second-order valence-corrected chi connectivity index (χ2v) is 1.46. The lowest BCUT2D eigenvalue weighted by Gasteiger charge is -1.77. The van der Waals surface area contributed by atoms with Crippen molar-refractivity contribution in [2.24, 2.45) is 10.2 Å². The van der Waals surface area contributed by atoms with Gasteiger partial charge in [0.1, 0.15) is 0 Å². The maximum atomic E-state index is 3.63. The fraction of sp³-hybridized carbons (Fsp3) is 0.500. The van der Waals surface area contributed by atoms with Crippen LogP contribution in [-0.4, -0.2) is 12.4 Å². The lowest BCUT2D eigenvalue weighted by molar-refractivity contribution is 1.26. The maximum absolute atomic E-state index is 3.63. The van der Waals surface area contributed by atoms with E-state index >= 15 is 0 Å². The molecule has 0 saturated carbocycles. The summed E-state index contributed by atoms with van der Waals surface area (Å²) in [6.45, 7) is 11.3. The Hall–Kier alpha value is -0.920. The molecule has 2 nitrogen and oxygen atoms in total. The van der Waals surface area contributed by atoms with Gasteiger partial charge in [-0.05, 0) is 19.4 Å². The van der Waals surface area contributed by atoms with Crippen molar-refractivity contribution >= 4 is 12.4 Å². The Bertz CT molecular complexity index is 123. The smallest absolute Gasteiger partial charge is 0.0518 e. The summed E-state index contributed by atoms with van der Waals surface area (Å²) in [5, 5.41) is 7.23. The molecule has 0 amide bonds. The fourth-order valence-corrected chi connectivity index (χ4v) is 0.199. The Morgan fingerprint density at radius 1 is 1.30 bits per heavy atom. The fourth-order valence-electron chi connectivity index (χ4n) is 0.199. The second-order valence-electron chi connectivity index (χ2n) is 1.46. The third kappa shape index (κ3) is 15.7. The molecule has 0 N–H and O–H groups in total. The van der Waals surface area contributed by atoms with Crippen LogP contribution in [0.25, 0.3) is 0 Å². The highest BCUT2D eigenvalue weighted by molar-refractivity contribution is 5.76. The Balaban J connectivity index is 0. The highest BCUT2D eigenvalue weighted by Gasteiger charge is 1.68. The normalized spacial score (nSPS) is 9.60. The number of hydrogen-bond donors (Lipinski definition) is 0. The van der Waals surface area contributed by atoms with Crippen LogP contribution in [0.15, 0.2) is 22.4 Å². The summed E-state index contributed by atoms with van der Waals surface area (Å²) in [5.74, 6) is 0. The van der Waals surface area contributed by atoms with Crippen molar-refractivity contribution < 1.29 is 0 Å². The van der Waals surface area contributed by atoms with Gasteiger partial charge < -0.3 is 0 Å². The molecule has 0 unspecified atom stereocenters.